The quantitative estimate of drug-likeness (QED) is 0.512. The third kappa shape index (κ3) is 3.10. The molecular weight excluding hydrogens is 436 g/mol. The van der Waals surface area contributed by atoms with Crippen LogP contribution in [0.1, 0.15) is 17.7 Å². The molecule has 0 atom stereocenters. The molecule has 158 valence electrons. The number of hydrogen-bond donors (Lipinski definition) is 1. The summed E-state index contributed by atoms with van der Waals surface area (Å²) in [5.41, 5.74) is 1.10. The van der Waals surface area contributed by atoms with E-state index >= 15 is 0 Å². The number of nitrogens with one attached hydrogen (secondary N) is 1. The van der Waals surface area contributed by atoms with E-state index in [2.05, 4.69) is 9.97 Å². The van der Waals surface area contributed by atoms with E-state index in [1.807, 2.05) is 18.2 Å². The minimum absolute atomic E-state index is 0.0263. The van der Waals surface area contributed by atoms with Crippen LogP contribution >= 0.6 is 11.3 Å². The van der Waals surface area contributed by atoms with E-state index < -0.39 is 21.3 Å². The summed E-state index contributed by atoms with van der Waals surface area (Å²) < 4.78 is 29.4. The van der Waals surface area contributed by atoms with Crippen molar-refractivity contribution in [2.75, 3.05) is 10.8 Å². The van der Waals surface area contributed by atoms with E-state index in [0.717, 1.165) is 27.9 Å². The second-order valence-corrected chi connectivity index (χ2v) is 10.3. The Balaban J connectivity index is 1.66. The first-order valence-corrected chi connectivity index (χ1v) is 12.0. The van der Waals surface area contributed by atoms with Crippen LogP contribution in [-0.4, -0.2) is 29.5 Å². The topological polar surface area (TPSA) is 105 Å². The molecule has 3 heterocycles. The molecule has 1 N–H and O–H groups in total. The first kappa shape index (κ1) is 19.7. The number of aromatic nitrogens is 3. The van der Waals surface area contributed by atoms with Gasteiger partial charge in [-0.1, -0.05) is 41.7 Å². The highest BCUT2D eigenvalue weighted by Crippen LogP contribution is 2.35. The number of nitrogens with zero attached hydrogens (tertiary/aromatic N) is 3. The van der Waals surface area contributed by atoms with Crippen LogP contribution in [0.5, 0.6) is 0 Å². The molecule has 0 saturated heterocycles. The Bertz CT molecular complexity index is 1550. The number of anilines is 1. The molecule has 5 rings (SSSR count). The molecule has 0 fully saturated rings. The fourth-order valence-electron chi connectivity index (χ4n) is 3.89. The summed E-state index contributed by atoms with van der Waals surface area (Å²) in [7, 11) is -3.90. The summed E-state index contributed by atoms with van der Waals surface area (Å²) in [4.78, 5) is 32.5. The lowest BCUT2D eigenvalue weighted by atomic mass is 10.0. The number of rotatable bonds is 3. The Morgan fingerprint density at radius 1 is 1.06 bits per heavy atom. The molecular formula is C21H18N4O4S2. The number of para-hydroxylation sites is 2. The molecule has 0 saturated carbocycles. The Labute approximate surface area is 181 Å². The maximum absolute atomic E-state index is 13.5. The number of aromatic amines is 1. The average Bonchev–Trinajstić information content (AvgIpc) is 3.15. The van der Waals surface area contributed by atoms with Crippen LogP contribution in [-0.2, 0) is 16.4 Å². The number of benzene rings is 2. The smallest absolute Gasteiger partial charge is 0.306 e. The number of aryl methyl sites for hydroxylation is 2. The molecule has 1 aliphatic heterocycles. The molecule has 0 spiro atoms. The van der Waals surface area contributed by atoms with Gasteiger partial charge in [0.15, 0.2) is 4.21 Å². The largest absolute Gasteiger partial charge is 0.335 e. The highest BCUT2D eigenvalue weighted by Gasteiger charge is 2.33. The van der Waals surface area contributed by atoms with Crippen molar-refractivity contribution in [3.05, 3.63) is 80.6 Å². The summed E-state index contributed by atoms with van der Waals surface area (Å²) in [5, 5.41) is 0.350. The van der Waals surface area contributed by atoms with Gasteiger partial charge in [-0.05, 0) is 43.5 Å². The standard InChI is InChI=1S/C21H18N4O4S2/c1-13-19(31(28,29)24-12-6-8-14-7-2-5-11-17(14)24)30-21(22-13)25-18(26)15-9-3-4-10-16(15)23-20(25)27/h2-5,7,9-11H,6,8,12H2,1H3,(H,23,27). The summed E-state index contributed by atoms with van der Waals surface area (Å²) in [6.45, 7) is 1.94. The average molecular weight is 455 g/mol. The van der Waals surface area contributed by atoms with Gasteiger partial charge in [0.2, 0.25) is 5.13 Å². The van der Waals surface area contributed by atoms with Crippen molar-refractivity contribution >= 4 is 38.0 Å². The van der Waals surface area contributed by atoms with Crippen LogP contribution in [0.2, 0.25) is 0 Å². The maximum atomic E-state index is 13.5. The lowest BCUT2D eigenvalue weighted by Crippen LogP contribution is -2.35. The predicted octanol–water partition coefficient (Wildman–Crippen LogP) is 2.59. The molecule has 1 aliphatic rings. The third-order valence-corrected chi connectivity index (χ3v) is 8.87. The number of thiazole rings is 1. The summed E-state index contributed by atoms with van der Waals surface area (Å²) >= 11 is 0.827. The van der Waals surface area contributed by atoms with Crippen molar-refractivity contribution in [1.29, 1.82) is 0 Å². The van der Waals surface area contributed by atoms with E-state index in [4.69, 9.17) is 0 Å². The molecule has 2 aromatic heterocycles. The minimum atomic E-state index is -3.90. The van der Waals surface area contributed by atoms with E-state index in [1.54, 1.807) is 37.3 Å². The highest BCUT2D eigenvalue weighted by molar-refractivity contribution is 7.94. The maximum Gasteiger partial charge on any atom is 0.335 e. The second kappa shape index (κ2) is 7.17. The van der Waals surface area contributed by atoms with Crippen LogP contribution in [0.15, 0.2) is 62.3 Å². The van der Waals surface area contributed by atoms with Crippen molar-refractivity contribution in [3.63, 3.8) is 0 Å². The Morgan fingerprint density at radius 3 is 2.65 bits per heavy atom. The molecule has 0 aliphatic carbocycles. The van der Waals surface area contributed by atoms with Gasteiger partial charge in [-0.25, -0.2) is 22.8 Å². The van der Waals surface area contributed by atoms with Gasteiger partial charge in [-0.3, -0.25) is 9.10 Å². The zero-order valence-electron chi connectivity index (χ0n) is 16.5. The van der Waals surface area contributed by atoms with E-state index in [0.29, 0.717) is 29.6 Å². The first-order chi connectivity index (χ1) is 14.9. The zero-order chi connectivity index (χ0) is 21.8. The monoisotopic (exact) mass is 454 g/mol. The molecule has 0 bridgehead atoms. The van der Waals surface area contributed by atoms with Crippen molar-refractivity contribution in [3.8, 4) is 5.13 Å². The molecule has 0 radical (unpaired) electrons. The van der Waals surface area contributed by atoms with Gasteiger partial charge in [0, 0.05) is 6.54 Å². The Kier molecular flexibility index (Phi) is 4.56. The third-order valence-electron chi connectivity index (χ3n) is 5.33. The fraction of sp³-hybridized carbons (Fsp3) is 0.190. The van der Waals surface area contributed by atoms with Crippen LogP contribution in [0, 0.1) is 6.92 Å². The van der Waals surface area contributed by atoms with Crippen molar-refractivity contribution < 1.29 is 8.42 Å². The molecule has 2 aromatic carbocycles. The predicted molar refractivity (Wildman–Crippen MR) is 120 cm³/mol. The molecule has 10 heteroatoms. The lowest BCUT2D eigenvalue weighted by Gasteiger charge is -2.29. The molecule has 31 heavy (non-hydrogen) atoms. The van der Waals surface area contributed by atoms with E-state index in [9.17, 15) is 18.0 Å². The number of H-pyrrole nitrogens is 1. The first-order valence-electron chi connectivity index (χ1n) is 9.70. The van der Waals surface area contributed by atoms with Gasteiger partial charge in [0.1, 0.15) is 0 Å². The second-order valence-electron chi connectivity index (χ2n) is 7.30. The minimum Gasteiger partial charge on any atom is -0.306 e. The van der Waals surface area contributed by atoms with Crippen LogP contribution in [0.4, 0.5) is 5.69 Å². The fourth-order valence-corrected chi connectivity index (χ4v) is 7.03. The Morgan fingerprint density at radius 2 is 1.81 bits per heavy atom. The summed E-state index contributed by atoms with van der Waals surface area (Å²) in [6, 6.07) is 14.1. The number of hydrogen-bond acceptors (Lipinski definition) is 6. The van der Waals surface area contributed by atoms with E-state index in [1.165, 1.54) is 4.31 Å². The summed E-state index contributed by atoms with van der Waals surface area (Å²) in [5.74, 6) is 0. The molecule has 0 unspecified atom stereocenters. The van der Waals surface area contributed by atoms with Crippen molar-refractivity contribution in [2.45, 2.75) is 24.0 Å². The Hall–Kier alpha value is -3.24. The number of sulfonamides is 1. The highest BCUT2D eigenvalue weighted by atomic mass is 32.2. The SMILES string of the molecule is Cc1nc(-n2c(=O)[nH]c3ccccc3c2=O)sc1S(=O)(=O)N1CCCc2ccccc21. The van der Waals surface area contributed by atoms with Gasteiger partial charge >= 0.3 is 5.69 Å². The van der Waals surface area contributed by atoms with E-state index in [-0.39, 0.29) is 15.0 Å². The van der Waals surface area contributed by atoms with Crippen LogP contribution < -0.4 is 15.6 Å². The zero-order valence-corrected chi connectivity index (χ0v) is 18.2. The van der Waals surface area contributed by atoms with Gasteiger partial charge in [0.05, 0.1) is 22.3 Å². The van der Waals surface area contributed by atoms with Crippen molar-refractivity contribution in [1.82, 2.24) is 14.5 Å². The number of fused-ring (bicyclic) bond motifs is 2. The van der Waals surface area contributed by atoms with Crippen molar-refractivity contribution in [2.24, 2.45) is 0 Å². The molecule has 8 nitrogen and oxygen atoms in total. The van der Waals surface area contributed by atoms with Gasteiger partial charge in [-0.15, -0.1) is 0 Å². The van der Waals surface area contributed by atoms with Gasteiger partial charge in [0.25, 0.3) is 15.6 Å². The summed E-state index contributed by atoms with van der Waals surface area (Å²) in [6.07, 6.45) is 1.53. The molecule has 4 aromatic rings. The lowest BCUT2D eigenvalue weighted by molar-refractivity contribution is 0.588. The molecule has 0 amide bonds. The van der Waals surface area contributed by atoms with Crippen LogP contribution in [0.25, 0.3) is 16.0 Å². The normalized spacial score (nSPS) is 14.0. The van der Waals surface area contributed by atoms with Gasteiger partial charge in [-0.2, -0.15) is 0 Å². The van der Waals surface area contributed by atoms with Crippen LogP contribution in [0.3, 0.4) is 0 Å². The van der Waals surface area contributed by atoms with Gasteiger partial charge < -0.3 is 4.98 Å².